The molecule has 1 unspecified atom stereocenters. The van der Waals surface area contributed by atoms with Gasteiger partial charge in [0.25, 0.3) is 0 Å². The zero-order valence-electron chi connectivity index (χ0n) is 11.5. The Bertz CT molecular complexity index is 295. The zero-order chi connectivity index (χ0) is 11.7. The molecule has 4 aliphatic carbocycles. The van der Waals surface area contributed by atoms with Gasteiger partial charge in [0.15, 0.2) is 0 Å². The summed E-state index contributed by atoms with van der Waals surface area (Å²) in [5, 5.41) is 3.77. The first-order valence-corrected chi connectivity index (χ1v) is 7.82. The van der Waals surface area contributed by atoms with Gasteiger partial charge in [0.1, 0.15) is 0 Å². The Balaban J connectivity index is 1.68. The molecule has 4 bridgehead atoms. The van der Waals surface area contributed by atoms with Gasteiger partial charge in [-0.15, -0.1) is 0 Å². The van der Waals surface area contributed by atoms with Crippen molar-refractivity contribution < 1.29 is 0 Å². The van der Waals surface area contributed by atoms with Gasteiger partial charge in [-0.05, 0) is 94.4 Å². The minimum atomic E-state index is 0.408. The minimum absolute atomic E-state index is 0.408. The van der Waals surface area contributed by atoms with Crippen molar-refractivity contribution in [3.8, 4) is 0 Å². The molecule has 17 heavy (non-hydrogen) atoms. The SMILES string of the molecule is CC1(C)NCCC1C12CC3CC(CC(C3)C1)C2. The van der Waals surface area contributed by atoms with Gasteiger partial charge in [-0.25, -0.2) is 0 Å². The fraction of sp³-hybridized carbons (Fsp3) is 1.00. The Morgan fingerprint density at radius 3 is 1.82 bits per heavy atom. The Kier molecular flexibility index (Phi) is 2.10. The van der Waals surface area contributed by atoms with Crippen LogP contribution in [-0.4, -0.2) is 12.1 Å². The lowest BCUT2D eigenvalue weighted by Gasteiger charge is -2.61. The summed E-state index contributed by atoms with van der Waals surface area (Å²) in [6.07, 6.45) is 10.9. The first kappa shape index (κ1) is 10.8. The predicted molar refractivity (Wildman–Crippen MR) is 70.8 cm³/mol. The van der Waals surface area contributed by atoms with Crippen molar-refractivity contribution in [1.82, 2.24) is 5.32 Å². The molecule has 1 N–H and O–H groups in total. The zero-order valence-corrected chi connectivity index (χ0v) is 11.5. The Morgan fingerprint density at radius 1 is 0.882 bits per heavy atom. The maximum atomic E-state index is 3.77. The molecule has 1 saturated heterocycles. The highest BCUT2D eigenvalue weighted by Crippen LogP contribution is 2.65. The molecule has 5 aliphatic rings. The van der Waals surface area contributed by atoms with Crippen LogP contribution < -0.4 is 5.32 Å². The molecule has 1 nitrogen and oxygen atoms in total. The third-order valence-corrected chi connectivity index (χ3v) is 6.71. The second-order valence-electron chi connectivity index (χ2n) is 8.27. The molecule has 1 heterocycles. The quantitative estimate of drug-likeness (QED) is 0.730. The van der Waals surface area contributed by atoms with E-state index in [9.17, 15) is 0 Å². The third-order valence-electron chi connectivity index (χ3n) is 6.71. The normalized spacial score (nSPS) is 55.4. The summed E-state index contributed by atoms with van der Waals surface area (Å²) in [5.41, 5.74) is 1.16. The van der Waals surface area contributed by atoms with Crippen LogP contribution in [0.2, 0.25) is 0 Å². The second kappa shape index (κ2) is 3.29. The molecular formula is C16H27N. The van der Waals surface area contributed by atoms with E-state index in [0.717, 1.165) is 29.1 Å². The Hall–Kier alpha value is -0.0400. The Morgan fingerprint density at radius 2 is 1.41 bits per heavy atom. The van der Waals surface area contributed by atoms with Crippen LogP contribution in [-0.2, 0) is 0 Å². The molecule has 0 spiro atoms. The lowest BCUT2D eigenvalue weighted by molar-refractivity contribution is -0.0979. The van der Waals surface area contributed by atoms with Crippen LogP contribution >= 0.6 is 0 Å². The van der Waals surface area contributed by atoms with E-state index in [2.05, 4.69) is 19.2 Å². The van der Waals surface area contributed by atoms with Crippen molar-refractivity contribution in [2.75, 3.05) is 6.54 Å². The fourth-order valence-corrected chi connectivity index (χ4v) is 6.70. The summed E-state index contributed by atoms with van der Waals surface area (Å²) in [6.45, 7) is 6.19. The summed E-state index contributed by atoms with van der Waals surface area (Å²) in [7, 11) is 0. The molecule has 4 saturated carbocycles. The third kappa shape index (κ3) is 1.47. The lowest BCUT2D eigenvalue weighted by Crippen LogP contribution is -2.54. The monoisotopic (exact) mass is 233 g/mol. The first-order chi connectivity index (χ1) is 8.07. The van der Waals surface area contributed by atoms with Crippen LogP contribution in [0.1, 0.15) is 58.8 Å². The number of hydrogen-bond acceptors (Lipinski definition) is 1. The molecule has 5 rings (SSSR count). The summed E-state index contributed by atoms with van der Waals surface area (Å²) < 4.78 is 0. The van der Waals surface area contributed by atoms with E-state index >= 15 is 0 Å². The highest BCUT2D eigenvalue weighted by molar-refractivity contribution is 5.10. The molecule has 1 atom stereocenters. The molecule has 0 aromatic heterocycles. The summed E-state index contributed by atoms with van der Waals surface area (Å²) >= 11 is 0. The topological polar surface area (TPSA) is 12.0 Å². The maximum Gasteiger partial charge on any atom is 0.0159 e. The van der Waals surface area contributed by atoms with Gasteiger partial charge in [-0.3, -0.25) is 0 Å². The average molecular weight is 233 g/mol. The first-order valence-electron chi connectivity index (χ1n) is 7.82. The molecule has 1 aliphatic heterocycles. The highest BCUT2D eigenvalue weighted by Gasteiger charge is 2.57. The minimum Gasteiger partial charge on any atom is -0.311 e. The summed E-state index contributed by atoms with van der Waals surface area (Å²) in [4.78, 5) is 0. The van der Waals surface area contributed by atoms with Gasteiger partial charge in [0.2, 0.25) is 0 Å². The van der Waals surface area contributed by atoms with Gasteiger partial charge < -0.3 is 5.32 Å². The van der Waals surface area contributed by atoms with Crippen molar-refractivity contribution >= 4 is 0 Å². The van der Waals surface area contributed by atoms with Crippen LogP contribution in [0, 0.1) is 29.1 Å². The van der Waals surface area contributed by atoms with E-state index in [1.54, 1.807) is 38.5 Å². The van der Waals surface area contributed by atoms with E-state index < -0.39 is 0 Å². The van der Waals surface area contributed by atoms with Crippen molar-refractivity contribution in [2.24, 2.45) is 29.1 Å². The van der Waals surface area contributed by atoms with Crippen molar-refractivity contribution in [2.45, 2.75) is 64.3 Å². The number of rotatable bonds is 1. The van der Waals surface area contributed by atoms with Gasteiger partial charge >= 0.3 is 0 Å². The lowest BCUT2D eigenvalue weighted by atomic mass is 9.45. The fourth-order valence-electron chi connectivity index (χ4n) is 6.70. The summed E-state index contributed by atoms with van der Waals surface area (Å²) in [6, 6.07) is 0. The summed E-state index contributed by atoms with van der Waals surface area (Å²) in [5.74, 6) is 4.29. The Labute approximate surface area is 106 Å². The van der Waals surface area contributed by atoms with Crippen LogP contribution in [0.4, 0.5) is 0 Å². The van der Waals surface area contributed by atoms with E-state index in [1.807, 2.05) is 0 Å². The standard InChI is InChI=1S/C16H27N/c1-15(2)14(3-4-17-15)16-8-11-5-12(9-16)7-13(6-11)10-16/h11-14,17H,3-10H2,1-2H3. The van der Waals surface area contributed by atoms with Crippen LogP contribution in [0.25, 0.3) is 0 Å². The van der Waals surface area contributed by atoms with Gasteiger partial charge in [0, 0.05) is 5.54 Å². The maximum absolute atomic E-state index is 3.77. The largest absolute Gasteiger partial charge is 0.311 e. The van der Waals surface area contributed by atoms with Crippen LogP contribution in [0.3, 0.4) is 0 Å². The van der Waals surface area contributed by atoms with Crippen molar-refractivity contribution in [3.63, 3.8) is 0 Å². The average Bonchev–Trinajstić information content (AvgIpc) is 2.56. The second-order valence-corrected chi connectivity index (χ2v) is 8.27. The molecule has 0 amide bonds. The smallest absolute Gasteiger partial charge is 0.0159 e. The van der Waals surface area contributed by atoms with E-state index in [-0.39, 0.29) is 0 Å². The molecule has 96 valence electrons. The van der Waals surface area contributed by atoms with Gasteiger partial charge in [-0.2, -0.15) is 0 Å². The van der Waals surface area contributed by atoms with E-state index in [1.165, 1.54) is 13.0 Å². The van der Waals surface area contributed by atoms with Crippen molar-refractivity contribution in [3.05, 3.63) is 0 Å². The van der Waals surface area contributed by atoms with Crippen LogP contribution in [0.15, 0.2) is 0 Å². The number of hydrogen-bond donors (Lipinski definition) is 1. The van der Waals surface area contributed by atoms with E-state index in [4.69, 9.17) is 0 Å². The predicted octanol–water partition coefficient (Wildman–Crippen LogP) is 3.59. The van der Waals surface area contributed by atoms with Crippen molar-refractivity contribution in [1.29, 1.82) is 0 Å². The molecule has 0 radical (unpaired) electrons. The van der Waals surface area contributed by atoms with Gasteiger partial charge in [0.05, 0.1) is 0 Å². The molecular weight excluding hydrogens is 206 g/mol. The van der Waals surface area contributed by atoms with E-state index in [0.29, 0.717) is 5.54 Å². The molecule has 5 fully saturated rings. The molecule has 1 heteroatoms. The molecule has 0 aromatic rings. The van der Waals surface area contributed by atoms with Gasteiger partial charge in [-0.1, -0.05) is 0 Å². The highest BCUT2D eigenvalue weighted by atomic mass is 15.0. The molecule has 0 aromatic carbocycles. The number of nitrogens with one attached hydrogen (secondary N) is 1. The van der Waals surface area contributed by atoms with Crippen LogP contribution in [0.5, 0.6) is 0 Å².